The second kappa shape index (κ2) is 6.75. The van der Waals surface area contributed by atoms with Crippen LogP contribution in [0.3, 0.4) is 0 Å². The monoisotopic (exact) mass is 354 g/mol. The number of hydrogen-bond donors (Lipinski definition) is 1. The molecule has 0 spiro atoms. The smallest absolute Gasteiger partial charge is 0.271 e. The predicted octanol–water partition coefficient (Wildman–Crippen LogP) is 3.79. The maximum atomic E-state index is 13.1. The maximum Gasteiger partial charge on any atom is 0.271 e. The molecular weight excluding hydrogens is 339 g/mol. The maximum absolute atomic E-state index is 13.1. The van der Waals surface area contributed by atoms with Crippen molar-refractivity contribution in [3.63, 3.8) is 0 Å². The number of nitrogens with zero attached hydrogens (tertiary/aromatic N) is 3. The van der Waals surface area contributed by atoms with E-state index in [4.69, 9.17) is 0 Å². The molecule has 3 aromatic rings. The van der Waals surface area contributed by atoms with Gasteiger partial charge in [-0.05, 0) is 44.2 Å². The van der Waals surface area contributed by atoms with Gasteiger partial charge in [-0.1, -0.05) is 6.07 Å². The summed E-state index contributed by atoms with van der Waals surface area (Å²) in [6.45, 7) is 3.42. The highest BCUT2D eigenvalue weighted by Crippen LogP contribution is 2.21. The molecular formula is C18H15FN4O3. The van der Waals surface area contributed by atoms with E-state index in [2.05, 4.69) is 10.4 Å². The molecule has 0 saturated carbocycles. The minimum atomic E-state index is -0.529. The summed E-state index contributed by atoms with van der Waals surface area (Å²) in [5.41, 5.74) is 2.27. The van der Waals surface area contributed by atoms with Crippen molar-refractivity contribution in [1.29, 1.82) is 0 Å². The van der Waals surface area contributed by atoms with E-state index >= 15 is 0 Å². The number of non-ortho nitro benzene ring substituents is 1. The molecule has 8 heteroatoms. The molecule has 1 amide bonds. The van der Waals surface area contributed by atoms with Gasteiger partial charge in [0.15, 0.2) is 0 Å². The van der Waals surface area contributed by atoms with Crippen LogP contribution in [0.5, 0.6) is 0 Å². The molecule has 0 bridgehead atoms. The number of benzene rings is 2. The van der Waals surface area contributed by atoms with Gasteiger partial charge in [0.2, 0.25) is 0 Å². The fourth-order valence-corrected chi connectivity index (χ4v) is 2.70. The number of nitrogens with one attached hydrogen (secondary N) is 1. The van der Waals surface area contributed by atoms with Crippen LogP contribution in [-0.4, -0.2) is 20.6 Å². The van der Waals surface area contributed by atoms with E-state index in [0.29, 0.717) is 28.3 Å². The van der Waals surface area contributed by atoms with Crippen LogP contribution in [0.1, 0.15) is 21.7 Å². The Bertz CT molecular complexity index is 996. The fourth-order valence-electron chi connectivity index (χ4n) is 2.70. The largest absolute Gasteiger partial charge is 0.322 e. The zero-order valence-corrected chi connectivity index (χ0v) is 14.1. The van der Waals surface area contributed by atoms with Crippen LogP contribution in [-0.2, 0) is 0 Å². The van der Waals surface area contributed by atoms with Crippen LogP contribution in [0.4, 0.5) is 15.8 Å². The Morgan fingerprint density at radius 3 is 2.54 bits per heavy atom. The van der Waals surface area contributed by atoms with Gasteiger partial charge < -0.3 is 5.32 Å². The molecule has 26 heavy (non-hydrogen) atoms. The van der Waals surface area contributed by atoms with Crippen molar-refractivity contribution < 1.29 is 14.1 Å². The van der Waals surface area contributed by atoms with Crippen molar-refractivity contribution in [3.05, 3.63) is 81.4 Å². The van der Waals surface area contributed by atoms with Gasteiger partial charge in [-0.2, -0.15) is 5.10 Å². The second-order valence-electron chi connectivity index (χ2n) is 5.70. The summed E-state index contributed by atoms with van der Waals surface area (Å²) < 4.78 is 14.7. The van der Waals surface area contributed by atoms with Crippen molar-refractivity contribution in [2.24, 2.45) is 0 Å². The lowest BCUT2D eigenvalue weighted by Gasteiger charge is -2.07. The Morgan fingerprint density at radius 2 is 1.88 bits per heavy atom. The third-order valence-corrected chi connectivity index (χ3v) is 3.90. The fraction of sp³-hybridized carbons (Fsp3) is 0.111. The van der Waals surface area contributed by atoms with Crippen LogP contribution in [0.15, 0.2) is 48.5 Å². The molecule has 0 unspecified atom stereocenters. The average Bonchev–Trinajstić information content (AvgIpc) is 2.90. The average molecular weight is 354 g/mol. The van der Waals surface area contributed by atoms with Gasteiger partial charge in [0.1, 0.15) is 5.82 Å². The Balaban J connectivity index is 1.92. The van der Waals surface area contributed by atoms with Gasteiger partial charge in [-0.25, -0.2) is 9.07 Å². The number of carbonyl (C=O) groups is 1. The van der Waals surface area contributed by atoms with Crippen LogP contribution in [0, 0.1) is 29.8 Å². The molecule has 0 aliphatic heterocycles. The number of nitro groups is 1. The number of aromatic nitrogens is 2. The summed E-state index contributed by atoms with van der Waals surface area (Å²) in [4.78, 5) is 23.0. The van der Waals surface area contributed by atoms with E-state index in [9.17, 15) is 19.3 Å². The zero-order valence-electron chi connectivity index (χ0n) is 14.1. The van der Waals surface area contributed by atoms with Crippen LogP contribution in [0.2, 0.25) is 0 Å². The Hall–Kier alpha value is -3.55. The lowest BCUT2D eigenvalue weighted by molar-refractivity contribution is -0.384. The number of hydrogen-bond acceptors (Lipinski definition) is 4. The Kier molecular flexibility index (Phi) is 4.49. The molecule has 7 nitrogen and oxygen atoms in total. The molecule has 2 aromatic carbocycles. The predicted molar refractivity (Wildman–Crippen MR) is 94.0 cm³/mol. The topological polar surface area (TPSA) is 90.1 Å². The summed E-state index contributed by atoms with van der Waals surface area (Å²) in [7, 11) is 0. The molecule has 0 aliphatic carbocycles. The standard InChI is InChI=1S/C18H15FN4O3/c1-11-17(12(2)22(21-11)15-8-6-13(19)7-9-15)18(24)20-14-4-3-5-16(10-14)23(25)26/h3-10H,1-2H3,(H,20,24). The number of amides is 1. The molecule has 132 valence electrons. The molecule has 0 radical (unpaired) electrons. The molecule has 1 aromatic heterocycles. The third kappa shape index (κ3) is 3.30. The lowest BCUT2D eigenvalue weighted by Crippen LogP contribution is -2.14. The van der Waals surface area contributed by atoms with E-state index in [1.165, 1.54) is 30.3 Å². The Labute approximate surface area is 148 Å². The second-order valence-corrected chi connectivity index (χ2v) is 5.70. The lowest BCUT2D eigenvalue weighted by atomic mass is 10.1. The summed E-state index contributed by atoms with van der Waals surface area (Å²) in [5.74, 6) is -0.784. The summed E-state index contributed by atoms with van der Waals surface area (Å²) in [6.07, 6.45) is 0. The summed E-state index contributed by atoms with van der Waals surface area (Å²) >= 11 is 0. The van der Waals surface area contributed by atoms with E-state index in [-0.39, 0.29) is 11.5 Å². The quantitative estimate of drug-likeness (QED) is 0.570. The van der Waals surface area contributed by atoms with Crippen LogP contribution in [0.25, 0.3) is 5.69 Å². The number of halogens is 1. The van der Waals surface area contributed by atoms with Crippen LogP contribution >= 0.6 is 0 Å². The van der Waals surface area contributed by atoms with E-state index in [1.54, 1.807) is 36.7 Å². The number of aryl methyl sites for hydroxylation is 1. The summed E-state index contributed by atoms with van der Waals surface area (Å²) in [6, 6.07) is 11.5. The third-order valence-electron chi connectivity index (χ3n) is 3.90. The van der Waals surface area contributed by atoms with Crippen molar-refractivity contribution in [1.82, 2.24) is 9.78 Å². The minimum absolute atomic E-state index is 0.113. The first-order valence-electron chi connectivity index (χ1n) is 7.75. The molecule has 0 fully saturated rings. The molecule has 0 saturated heterocycles. The zero-order chi connectivity index (χ0) is 18.8. The highest BCUT2D eigenvalue weighted by molar-refractivity contribution is 6.06. The molecule has 1 N–H and O–H groups in total. The number of carbonyl (C=O) groups excluding carboxylic acids is 1. The van der Waals surface area contributed by atoms with Gasteiger partial charge in [-0.3, -0.25) is 14.9 Å². The highest BCUT2D eigenvalue weighted by atomic mass is 19.1. The first-order chi connectivity index (χ1) is 12.4. The normalized spacial score (nSPS) is 10.6. The molecule has 0 atom stereocenters. The number of nitro benzene ring substituents is 1. The molecule has 0 aliphatic rings. The SMILES string of the molecule is Cc1nn(-c2ccc(F)cc2)c(C)c1C(=O)Nc1cccc([N+](=O)[O-])c1. The first-order valence-corrected chi connectivity index (χ1v) is 7.75. The summed E-state index contributed by atoms with van der Waals surface area (Å²) in [5, 5.41) is 17.9. The number of anilines is 1. The van der Waals surface area contributed by atoms with E-state index in [1.807, 2.05) is 0 Å². The Morgan fingerprint density at radius 1 is 1.19 bits per heavy atom. The van der Waals surface area contributed by atoms with Crippen molar-refractivity contribution in [2.45, 2.75) is 13.8 Å². The van der Waals surface area contributed by atoms with Crippen LogP contribution < -0.4 is 5.32 Å². The van der Waals surface area contributed by atoms with Crippen molar-refractivity contribution in [2.75, 3.05) is 5.32 Å². The molecule has 1 heterocycles. The van der Waals surface area contributed by atoms with Gasteiger partial charge >= 0.3 is 0 Å². The highest BCUT2D eigenvalue weighted by Gasteiger charge is 2.20. The molecule has 3 rings (SSSR count). The van der Waals surface area contributed by atoms with Crippen molar-refractivity contribution >= 4 is 17.3 Å². The van der Waals surface area contributed by atoms with Gasteiger partial charge in [-0.15, -0.1) is 0 Å². The first kappa shape index (κ1) is 17.3. The van der Waals surface area contributed by atoms with Crippen molar-refractivity contribution in [3.8, 4) is 5.69 Å². The van der Waals surface area contributed by atoms with E-state index in [0.717, 1.165) is 0 Å². The number of rotatable bonds is 4. The minimum Gasteiger partial charge on any atom is -0.322 e. The van der Waals surface area contributed by atoms with E-state index < -0.39 is 10.8 Å². The van der Waals surface area contributed by atoms with Gasteiger partial charge in [0.05, 0.1) is 27.6 Å². The van der Waals surface area contributed by atoms with Gasteiger partial charge in [0, 0.05) is 17.8 Å². The van der Waals surface area contributed by atoms with Gasteiger partial charge in [0.25, 0.3) is 11.6 Å².